The molecule has 4 nitrogen and oxygen atoms in total. The third-order valence-electron chi connectivity index (χ3n) is 10.3. The summed E-state index contributed by atoms with van der Waals surface area (Å²) in [5.41, 5.74) is 7.66. The van der Waals surface area contributed by atoms with E-state index in [0.717, 1.165) is 29.1 Å². The van der Waals surface area contributed by atoms with Crippen molar-refractivity contribution in [2.45, 2.75) is 17.9 Å². The zero-order valence-corrected chi connectivity index (χ0v) is 26.2. The van der Waals surface area contributed by atoms with Gasteiger partial charge in [-0.15, -0.1) is 0 Å². The van der Waals surface area contributed by atoms with Crippen molar-refractivity contribution in [3.63, 3.8) is 0 Å². The Morgan fingerprint density at radius 3 is 1.58 bits per heavy atom. The van der Waals surface area contributed by atoms with Gasteiger partial charge in [0.05, 0.1) is 5.54 Å². The maximum absolute atomic E-state index is 5.31. The maximum Gasteiger partial charge on any atom is 0.163 e. The molecule has 0 saturated heterocycles. The maximum atomic E-state index is 5.31. The van der Waals surface area contributed by atoms with E-state index in [9.17, 15) is 0 Å². The molecule has 0 saturated carbocycles. The van der Waals surface area contributed by atoms with Crippen LogP contribution in [0.2, 0.25) is 0 Å². The number of anilines is 2. The summed E-state index contributed by atoms with van der Waals surface area (Å²) < 4.78 is 0. The van der Waals surface area contributed by atoms with E-state index >= 15 is 0 Å². The van der Waals surface area contributed by atoms with Gasteiger partial charge in [-0.3, -0.25) is 0 Å². The van der Waals surface area contributed by atoms with Crippen LogP contribution in [-0.2, 0) is 5.54 Å². The van der Waals surface area contributed by atoms with E-state index in [1.807, 2.05) is 36.4 Å². The summed E-state index contributed by atoms with van der Waals surface area (Å²) in [5.74, 6) is 2.07. The minimum absolute atomic E-state index is 0.103. The number of rotatable bonds is 4. The largest absolute Gasteiger partial charge is 0.327 e. The molecule has 0 N–H and O–H groups in total. The number of benzene rings is 7. The van der Waals surface area contributed by atoms with Gasteiger partial charge in [-0.05, 0) is 62.9 Å². The van der Waals surface area contributed by atoms with E-state index in [2.05, 4.69) is 132 Å². The SMILES string of the molecule is c1ccc(-c2nc(-c3ccccc3)nc(C3CC4(c5cccc6ccc7cccc4c7c56)N(c4ccccc4)c4ccccc43)n2)cc1. The van der Waals surface area contributed by atoms with Gasteiger partial charge in [0.15, 0.2) is 11.6 Å². The Morgan fingerprint density at radius 1 is 0.479 bits per heavy atom. The molecule has 8 aromatic rings. The van der Waals surface area contributed by atoms with Crippen LogP contribution in [0.25, 0.3) is 44.3 Å². The van der Waals surface area contributed by atoms with Crippen LogP contribution in [0.1, 0.15) is 34.9 Å². The predicted molar refractivity (Wildman–Crippen MR) is 194 cm³/mol. The van der Waals surface area contributed by atoms with Crippen LogP contribution in [0.4, 0.5) is 11.4 Å². The summed E-state index contributed by atoms with van der Waals surface area (Å²) in [5, 5.41) is 5.22. The lowest BCUT2D eigenvalue weighted by Crippen LogP contribution is -2.48. The fourth-order valence-corrected chi connectivity index (χ4v) is 8.29. The molecule has 1 unspecified atom stereocenters. The van der Waals surface area contributed by atoms with Crippen LogP contribution in [0.5, 0.6) is 0 Å². The normalized spacial score (nSPS) is 15.8. The summed E-state index contributed by atoms with van der Waals surface area (Å²) >= 11 is 0. The molecule has 1 atom stereocenters. The first-order valence-electron chi connectivity index (χ1n) is 16.6. The number of nitrogens with zero attached hydrogens (tertiary/aromatic N) is 4. The van der Waals surface area contributed by atoms with E-state index in [1.54, 1.807) is 0 Å². The second-order valence-corrected chi connectivity index (χ2v) is 12.8. The standard InChI is InChI=1S/C44H30N4/c1-4-14-31(15-5-1)41-45-42(32-16-6-2-7-17-32)47-43(46-41)35-28-44(48(33-20-8-3-9-21-33)38-25-11-10-22-34(35)38)36-23-12-18-29-26-27-30-19-13-24-37(44)40(30)39(29)36/h1-27,35H,28H2. The molecule has 0 amide bonds. The Morgan fingerprint density at radius 2 is 1.00 bits per heavy atom. The molecule has 0 bridgehead atoms. The van der Waals surface area contributed by atoms with Gasteiger partial charge in [-0.2, -0.15) is 0 Å². The van der Waals surface area contributed by atoms with E-state index in [0.29, 0.717) is 11.6 Å². The van der Waals surface area contributed by atoms with Crippen LogP contribution in [0, 0.1) is 0 Å². The third kappa shape index (κ3) is 3.86. The number of hydrogen-bond donors (Lipinski definition) is 0. The molecule has 10 rings (SSSR count). The van der Waals surface area contributed by atoms with Gasteiger partial charge < -0.3 is 4.90 Å². The molecule has 0 fully saturated rings. The van der Waals surface area contributed by atoms with Crippen molar-refractivity contribution >= 4 is 32.9 Å². The Kier molecular flexibility index (Phi) is 5.88. The molecule has 1 aromatic heterocycles. The molecule has 1 aliphatic carbocycles. The molecular formula is C44H30N4. The van der Waals surface area contributed by atoms with E-state index in [1.165, 1.54) is 43.9 Å². The second-order valence-electron chi connectivity index (χ2n) is 12.8. The highest BCUT2D eigenvalue weighted by Gasteiger charge is 2.53. The summed E-state index contributed by atoms with van der Waals surface area (Å²) in [6, 6.07) is 58.4. The fraction of sp³-hybridized carbons (Fsp3) is 0.0682. The quantitative estimate of drug-likeness (QED) is 0.185. The highest BCUT2D eigenvalue weighted by atomic mass is 15.2. The van der Waals surface area contributed by atoms with Crippen LogP contribution >= 0.6 is 0 Å². The van der Waals surface area contributed by atoms with Gasteiger partial charge in [0.25, 0.3) is 0 Å². The average Bonchev–Trinajstić information content (AvgIpc) is 3.45. The van der Waals surface area contributed by atoms with Crippen molar-refractivity contribution in [3.05, 3.63) is 186 Å². The van der Waals surface area contributed by atoms with Gasteiger partial charge in [-0.25, -0.2) is 15.0 Å². The lowest BCUT2D eigenvalue weighted by molar-refractivity contribution is 0.432. The van der Waals surface area contributed by atoms with Crippen LogP contribution in [0.3, 0.4) is 0 Å². The van der Waals surface area contributed by atoms with E-state index < -0.39 is 5.54 Å². The lowest BCUT2D eigenvalue weighted by atomic mass is 9.71. The van der Waals surface area contributed by atoms with Crippen molar-refractivity contribution in [1.82, 2.24) is 15.0 Å². The Labute approximate surface area is 279 Å². The third-order valence-corrected chi connectivity index (χ3v) is 10.3. The summed E-state index contributed by atoms with van der Waals surface area (Å²) in [6.07, 6.45) is 0.762. The van der Waals surface area contributed by atoms with Crippen molar-refractivity contribution in [3.8, 4) is 22.8 Å². The van der Waals surface area contributed by atoms with Crippen LogP contribution < -0.4 is 4.90 Å². The van der Waals surface area contributed by atoms with Crippen LogP contribution in [-0.4, -0.2) is 15.0 Å². The first-order valence-corrected chi connectivity index (χ1v) is 16.6. The molecule has 1 aliphatic heterocycles. The number of aromatic nitrogens is 3. The minimum atomic E-state index is -0.504. The number of hydrogen-bond acceptors (Lipinski definition) is 4. The lowest BCUT2D eigenvalue weighted by Gasteiger charge is -2.51. The summed E-state index contributed by atoms with van der Waals surface area (Å²) in [4.78, 5) is 18.3. The first-order chi connectivity index (χ1) is 23.8. The van der Waals surface area contributed by atoms with Crippen molar-refractivity contribution in [1.29, 1.82) is 0 Å². The Balaban J connectivity index is 1.29. The molecular weight excluding hydrogens is 585 g/mol. The first kappa shape index (κ1) is 27.0. The highest BCUT2D eigenvalue weighted by Crippen LogP contribution is 2.61. The van der Waals surface area contributed by atoms with Gasteiger partial charge in [0, 0.05) is 28.4 Å². The Hall–Kier alpha value is -6.13. The van der Waals surface area contributed by atoms with E-state index in [-0.39, 0.29) is 5.92 Å². The molecule has 226 valence electrons. The summed E-state index contributed by atoms with van der Waals surface area (Å²) in [7, 11) is 0. The zero-order valence-electron chi connectivity index (χ0n) is 26.2. The predicted octanol–water partition coefficient (Wildman–Crippen LogP) is 10.4. The zero-order chi connectivity index (χ0) is 31.7. The smallest absolute Gasteiger partial charge is 0.163 e. The van der Waals surface area contributed by atoms with Crippen LogP contribution in [0.15, 0.2) is 164 Å². The minimum Gasteiger partial charge on any atom is -0.327 e. The van der Waals surface area contributed by atoms with Gasteiger partial charge in [0.2, 0.25) is 0 Å². The molecule has 0 radical (unpaired) electrons. The van der Waals surface area contributed by atoms with Gasteiger partial charge >= 0.3 is 0 Å². The topological polar surface area (TPSA) is 41.9 Å². The van der Waals surface area contributed by atoms with Crippen molar-refractivity contribution in [2.24, 2.45) is 0 Å². The van der Waals surface area contributed by atoms with Crippen molar-refractivity contribution in [2.75, 3.05) is 4.90 Å². The Bertz CT molecular complexity index is 2370. The molecule has 7 aromatic carbocycles. The molecule has 1 spiro atoms. The number of fused-ring (bicyclic) bond motifs is 3. The second kappa shape index (κ2) is 10.4. The van der Waals surface area contributed by atoms with E-state index in [4.69, 9.17) is 15.0 Å². The molecule has 2 aliphatic rings. The van der Waals surface area contributed by atoms with Gasteiger partial charge in [0.1, 0.15) is 5.82 Å². The molecule has 4 heteroatoms. The summed E-state index contributed by atoms with van der Waals surface area (Å²) in [6.45, 7) is 0. The van der Waals surface area contributed by atoms with Gasteiger partial charge in [-0.1, -0.05) is 146 Å². The molecule has 2 heterocycles. The highest BCUT2D eigenvalue weighted by molar-refractivity contribution is 6.15. The average molecular weight is 615 g/mol. The monoisotopic (exact) mass is 614 g/mol. The number of para-hydroxylation sites is 2. The fourth-order valence-electron chi connectivity index (χ4n) is 8.29. The molecule has 48 heavy (non-hydrogen) atoms. The van der Waals surface area contributed by atoms with Crippen molar-refractivity contribution < 1.29 is 0 Å².